The van der Waals surface area contributed by atoms with Crippen LogP contribution in [-0.2, 0) is 0 Å². The van der Waals surface area contributed by atoms with Crippen LogP contribution < -0.4 is 5.73 Å². The van der Waals surface area contributed by atoms with Crippen LogP contribution in [0.3, 0.4) is 0 Å². The third kappa shape index (κ3) is 2.59. The minimum Gasteiger partial charge on any atom is -0.320 e. The van der Waals surface area contributed by atoms with Crippen molar-refractivity contribution in [3.05, 3.63) is 54.2 Å². The normalized spacial score (nSPS) is 12.8. The summed E-state index contributed by atoms with van der Waals surface area (Å²) < 4.78 is 2.03. The predicted molar refractivity (Wildman–Crippen MR) is 79.3 cm³/mol. The highest BCUT2D eigenvalue weighted by molar-refractivity contribution is 14.1. The summed E-state index contributed by atoms with van der Waals surface area (Å²) in [5.74, 6) is 0. The zero-order valence-electron chi connectivity index (χ0n) is 8.71. The Bertz CT molecular complexity index is 490. The standard InChI is InChI=1S/C12H11ClINS/c1-7-5-10(16-12(7)13)11(15)8-3-2-4-9(14)6-8/h2-6,11H,15H2,1H3. The highest BCUT2D eigenvalue weighted by Crippen LogP contribution is 2.33. The first-order valence-electron chi connectivity index (χ1n) is 4.85. The second-order valence-corrected chi connectivity index (χ2v) is 6.57. The Kier molecular flexibility index (Phi) is 3.89. The van der Waals surface area contributed by atoms with Gasteiger partial charge in [0.2, 0.25) is 0 Å². The molecule has 1 aromatic carbocycles. The molecule has 16 heavy (non-hydrogen) atoms. The van der Waals surface area contributed by atoms with E-state index in [1.807, 2.05) is 13.0 Å². The van der Waals surface area contributed by atoms with Gasteiger partial charge in [-0.2, -0.15) is 0 Å². The molecule has 0 aliphatic heterocycles. The number of thiophene rings is 1. The molecule has 0 saturated carbocycles. The van der Waals surface area contributed by atoms with Gasteiger partial charge in [0.1, 0.15) is 0 Å². The zero-order valence-corrected chi connectivity index (χ0v) is 12.4. The van der Waals surface area contributed by atoms with Gasteiger partial charge in [0, 0.05) is 8.45 Å². The van der Waals surface area contributed by atoms with Gasteiger partial charge in [0.25, 0.3) is 0 Å². The lowest BCUT2D eigenvalue weighted by Gasteiger charge is -2.09. The summed E-state index contributed by atoms with van der Waals surface area (Å²) >= 11 is 9.91. The maximum Gasteiger partial charge on any atom is 0.0961 e. The molecule has 2 N–H and O–H groups in total. The molecular formula is C12H11ClINS. The van der Waals surface area contributed by atoms with E-state index >= 15 is 0 Å². The van der Waals surface area contributed by atoms with Crippen molar-refractivity contribution in [2.45, 2.75) is 13.0 Å². The summed E-state index contributed by atoms with van der Waals surface area (Å²) in [4.78, 5) is 1.12. The van der Waals surface area contributed by atoms with E-state index in [9.17, 15) is 0 Å². The molecule has 0 spiro atoms. The maximum absolute atomic E-state index is 6.22. The van der Waals surface area contributed by atoms with Crippen molar-refractivity contribution < 1.29 is 0 Å². The summed E-state index contributed by atoms with van der Waals surface area (Å²) in [5.41, 5.74) is 8.45. The first-order chi connectivity index (χ1) is 7.58. The topological polar surface area (TPSA) is 26.0 Å². The summed E-state index contributed by atoms with van der Waals surface area (Å²) in [6, 6.07) is 10.2. The van der Waals surface area contributed by atoms with Gasteiger partial charge in [-0.25, -0.2) is 0 Å². The van der Waals surface area contributed by atoms with Gasteiger partial charge < -0.3 is 5.73 Å². The second-order valence-electron chi connectivity index (χ2n) is 3.64. The van der Waals surface area contributed by atoms with Crippen molar-refractivity contribution in [2.24, 2.45) is 5.73 Å². The van der Waals surface area contributed by atoms with Gasteiger partial charge in [0.05, 0.1) is 10.4 Å². The fourth-order valence-corrected chi connectivity index (χ4v) is 3.32. The van der Waals surface area contributed by atoms with Gasteiger partial charge in [-0.05, 0) is 58.8 Å². The molecule has 1 heterocycles. The molecule has 0 amide bonds. The summed E-state index contributed by atoms with van der Waals surface area (Å²) in [7, 11) is 0. The van der Waals surface area contributed by atoms with Crippen LogP contribution >= 0.6 is 45.5 Å². The molecule has 0 aliphatic rings. The minimum atomic E-state index is -0.0779. The van der Waals surface area contributed by atoms with Crippen LogP contribution in [0.2, 0.25) is 4.34 Å². The minimum absolute atomic E-state index is 0.0779. The highest BCUT2D eigenvalue weighted by Gasteiger charge is 2.13. The number of rotatable bonds is 2. The molecule has 0 bridgehead atoms. The van der Waals surface area contributed by atoms with Crippen LogP contribution in [0.15, 0.2) is 30.3 Å². The smallest absolute Gasteiger partial charge is 0.0961 e. The molecule has 1 atom stereocenters. The SMILES string of the molecule is Cc1cc(C(N)c2cccc(I)c2)sc1Cl. The van der Waals surface area contributed by atoms with Gasteiger partial charge in [0.15, 0.2) is 0 Å². The number of aryl methyl sites for hydroxylation is 1. The monoisotopic (exact) mass is 363 g/mol. The van der Waals surface area contributed by atoms with Crippen molar-refractivity contribution >= 4 is 45.5 Å². The van der Waals surface area contributed by atoms with E-state index < -0.39 is 0 Å². The van der Waals surface area contributed by atoms with E-state index in [1.165, 1.54) is 3.57 Å². The Balaban J connectivity index is 2.35. The van der Waals surface area contributed by atoms with Crippen LogP contribution in [0, 0.1) is 10.5 Å². The van der Waals surface area contributed by atoms with Crippen molar-refractivity contribution in [1.29, 1.82) is 0 Å². The Morgan fingerprint density at radius 2 is 2.12 bits per heavy atom. The first kappa shape index (κ1) is 12.4. The van der Waals surface area contributed by atoms with E-state index in [0.717, 1.165) is 20.3 Å². The number of halogens is 2. The maximum atomic E-state index is 6.22. The summed E-state index contributed by atoms with van der Waals surface area (Å²) in [6.45, 7) is 2.00. The lowest BCUT2D eigenvalue weighted by Crippen LogP contribution is -2.10. The van der Waals surface area contributed by atoms with Crippen molar-refractivity contribution in [3.63, 3.8) is 0 Å². The lowest BCUT2D eigenvalue weighted by molar-refractivity contribution is 0.891. The Labute approximate surface area is 118 Å². The molecule has 2 aromatic rings. The summed E-state index contributed by atoms with van der Waals surface area (Å²) in [6.07, 6.45) is 0. The number of benzene rings is 1. The predicted octanol–water partition coefficient (Wildman–Crippen LogP) is 4.36. The first-order valence-corrected chi connectivity index (χ1v) is 7.12. The van der Waals surface area contributed by atoms with Crippen molar-refractivity contribution in [2.75, 3.05) is 0 Å². The van der Waals surface area contributed by atoms with Gasteiger partial charge in [-0.1, -0.05) is 23.7 Å². The van der Waals surface area contributed by atoms with E-state index in [0.29, 0.717) is 0 Å². The van der Waals surface area contributed by atoms with Crippen molar-refractivity contribution in [1.82, 2.24) is 0 Å². The van der Waals surface area contributed by atoms with Crippen LogP contribution in [-0.4, -0.2) is 0 Å². The fraction of sp³-hybridized carbons (Fsp3) is 0.167. The molecule has 0 aliphatic carbocycles. The average Bonchev–Trinajstić information content (AvgIpc) is 2.58. The Hall–Kier alpha value is -0.100. The number of nitrogens with two attached hydrogens (primary N) is 1. The quantitative estimate of drug-likeness (QED) is 0.788. The second kappa shape index (κ2) is 5.04. The number of hydrogen-bond acceptors (Lipinski definition) is 2. The molecule has 0 radical (unpaired) electrons. The van der Waals surface area contributed by atoms with Gasteiger partial charge in [-0.3, -0.25) is 0 Å². The molecule has 0 saturated heterocycles. The molecule has 0 fully saturated rings. The van der Waals surface area contributed by atoms with E-state index in [2.05, 4.69) is 46.9 Å². The molecule has 84 valence electrons. The molecule has 1 aromatic heterocycles. The van der Waals surface area contributed by atoms with E-state index in [1.54, 1.807) is 11.3 Å². The van der Waals surface area contributed by atoms with Crippen LogP contribution in [0.1, 0.15) is 22.0 Å². The Morgan fingerprint density at radius 3 is 2.69 bits per heavy atom. The van der Waals surface area contributed by atoms with Gasteiger partial charge in [-0.15, -0.1) is 11.3 Å². The Morgan fingerprint density at radius 1 is 1.38 bits per heavy atom. The highest BCUT2D eigenvalue weighted by atomic mass is 127. The number of hydrogen-bond donors (Lipinski definition) is 1. The fourth-order valence-electron chi connectivity index (χ4n) is 1.50. The third-order valence-electron chi connectivity index (χ3n) is 2.39. The van der Waals surface area contributed by atoms with Crippen LogP contribution in [0.25, 0.3) is 0 Å². The molecule has 1 nitrogen and oxygen atoms in total. The van der Waals surface area contributed by atoms with Gasteiger partial charge >= 0.3 is 0 Å². The van der Waals surface area contributed by atoms with Crippen LogP contribution in [0.4, 0.5) is 0 Å². The molecule has 4 heteroatoms. The zero-order chi connectivity index (χ0) is 11.7. The molecule has 2 rings (SSSR count). The third-order valence-corrected chi connectivity index (χ3v) is 4.70. The average molecular weight is 364 g/mol. The molecule has 1 unspecified atom stereocenters. The van der Waals surface area contributed by atoms with Crippen LogP contribution in [0.5, 0.6) is 0 Å². The largest absolute Gasteiger partial charge is 0.320 e. The molecular weight excluding hydrogens is 353 g/mol. The van der Waals surface area contributed by atoms with Crippen molar-refractivity contribution in [3.8, 4) is 0 Å². The van der Waals surface area contributed by atoms with E-state index in [4.69, 9.17) is 17.3 Å². The van der Waals surface area contributed by atoms with E-state index in [-0.39, 0.29) is 6.04 Å². The summed E-state index contributed by atoms with van der Waals surface area (Å²) in [5, 5.41) is 0. The lowest BCUT2D eigenvalue weighted by atomic mass is 10.1.